The number of nitrogens with one attached hydrogen (secondary N) is 1. The Bertz CT molecular complexity index is 839. The van der Waals surface area contributed by atoms with Crippen LogP contribution in [0.5, 0.6) is 0 Å². The number of carbonyl (C=O) groups excluding carboxylic acids is 1. The van der Waals surface area contributed by atoms with Crippen molar-refractivity contribution < 1.29 is 17.6 Å². The molecule has 0 spiro atoms. The number of carbonyl (C=O) groups is 1. The van der Waals surface area contributed by atoms with Gasteiger partial charge in [-0.2, -0.15) is 4.31 Å². The first-order valence-corrected chi connectivity index (χ1v) is 9.28. The van der Waals surface area contributed by atoms with Crippen molar-refractivity contribution >= 4 is 27.5 Å². The molecule has 1 amide bonds. The molecule has 0 bridgehead atoms. The zero-order valence-electron chi connectivity index (χ0n) is 13.7. The Hall–Kier alpha value is -1.96. The van der Waals surface area contributed by atoms with E-state index in [0.717, 1.165) is 34.1 Å². The first kappa shape index (κ1) is 19.4. The molecule has 0 unspecified atom stereocenters. The molecule has 0 saturated heterocycles. The maximum absolute atomic E-state index is 12.9. The molecule has 0 aliphatic rings. The first-order valence-electron chi connectivity index (χ1n) is 7.47. The smallest absolute Gasteiger partial charge is 0.243 e. The Kier molecular flexibility index (Phi) is 6.16. The van der Waals surface area contributed by atoms with Gasteiger partial charge in [-0.1, -0.05) is 23.7 Å². The van der Waals surface area contributed by atoms with E-state index in [1.54, 1.807) is 31.2 Å². The fourth-order valence-electron chi connectivity index (χ4n) is 2.20. The van der Waals surface area contributed by atoms with Gasteiger partial charge in [0.15, 0.2) is 0 Å². The Labute approximate surface area is 151 Å². The highest BCUT2D eigenvalue weighted by Crippen LogP contribution is 2.17. The molecule has 8 heteroatoms. The van der Waals surface area contributed by atoms with Gasteiger partial charge in [0.2, 0.25) is 15.9 Å². The van der Waals surface area contributed by atoms with E-state index in [2.05, 4.69) is 5.32 Å². The number of amides is 1. The minimum Gasteiger partial charge on any atom is -0.348 e. The number of rotatable bonds is 6. The number of sulfonamides is 1. The Balaban J connectivity index is 2.01. The van der Waals surface area contributed by atoms with Crippen LogP contribution in [0.15, 0.2) is 53.4 Å². The van der Waals surface area contributed by atoms with Gasteiger partial charge >= 0.3 is 0 Å². The summed E-state index contributed by atoms with van der Waals surface area (Å²) in [6, 6.07) is 11.1. The number of likely N-dealkylation sites (N-methyl/N-ethyl adjacent to an activating group) is 1. The van der Waals surface area contributed by atoms with Crippen LogP contribution in [0.25, 0.3) is 0 Å². The molecule has 0 saturated carbocycles. The summed E-state index contributed by atoms with van der Waals surface area (Å²) < 4.78 is 38.6. The molecular formula is C17H18ClFN2O3S. The summed E-state index contributed by atoms with van der Waals surface area (Å²) in [5.74, 6) is -0.980. The average molecular weight is 385 g/mol. The number of nitrogens with zero attached hydrogens (tertiary/aromatic N) is 1. The third-order valence-corrected chi connectivity index (χ3v) is 5.71. The molecule has 1 atom stereocenters. The summed E-state index contributed by atoms with van der Waals surface area (Å²) in [4.78, 5) is 12.1. The molecule has 2 aromatic rings. The molecule has 0 radical (unpaired) electrons. The van der Waals surface area contributed by atoms with Gasteiger partial charge in [-0.3, -0.25) is 4.79 Å². The Morgan fingerprint density at radius 3 is 2.28 bits per heavy atom. The van der Waals surface area contributed by atoms with Crippen molar-refractivity contribution in [3.8, 4) is 0 Å². The molecule has 2 rings (SSSR count). The van der Waals surface area contributed by atoms with Gasteiger partial charge in [-0.25, -0.2) is 12.8 Å². The molecule has 1 N–H and O–H groups in total. The maximum Gasteiger partial charge on any atom is 0.243 e. The molecule has 0 aliphatic heterocycles. The van der Waals surface area contributed by atoms with Crippen molar-refractivity contribution in [1.29, 1.82) is 0 Å². The second-order valence-corrected chi connectivity index (χ2v) is 8.04. The van der Waals surface area contributed by atoms with Gasteiger partial charge in [0, 0.05) is 12.1 Å². The van der Waals surface area contributed by atoms with E-state index in [9.17, 15) is 17.6 Å². The van der Waals surface area contributed by atoms with Crippen LogP contribution in [-0.2, 0) is 14.8 Å². The summed E-state index contributed by atoms with van der Waals surface area (Å²) in [6.45, 7) is 1.44. The predicted octanol–water partition coefficient (Wildman–Crippen LogP) is 2.98. The molecule has 0 aromatic heterocycles. The number of benzene rings is 2. The lowest BCUT2D eigenvalue weighted by Crippen LogP contribution is -2.39. The van der Waals surface area contributed by atoms with Crippen LogP contribution in [0, 0.1) is 5.82 Å². The topological polar surface area (TPSA) is 66.5 Å². The van der Waals surface area contributed by atoms with Crippen molar-refractivity contribution in [1.82, 2.24) is 9.62 Å². The molecule has 25 heavy (non-hydrogen) atoms. The highest BCUT2D eigenvalue weighted by atomic mass is 35.5. The number of hydrogen-bond acceptors (Lipinski definition) is 3. The van der Waals surface area contributed by atoms with Gasteiger partial charge in [0.05, 0.1) is 17.5 Å². The molecule has 0 heterocycles. The average Bonchev–Trinajstić information content (AvgIpc) is 2.55. The van der Waals surface area contributed by atoms with E-state index in [-0.39, 0.29) is 17.5 Å². The number of hydrogen-bond donors (Lipinski definition) is 1. The SMILES string of the molecule is C[C@H](NC(=O)CN(C)S(=O)(=O)c1ccc(F)cc1)c1ccc(Cl)cc1. The van der Waals surface area contributed by atoms with Crippen LogP contribution >= 0.6 is 11.6 Å². The fourth-order valence-corrected chi connectivity index (χ4v) is 3.45. The summed E-state index contributed by atoms with van der Waals surface area (Å²) in [6.07, 6.45) is 0. The van der Waals surface area contributed by atoms with E-state index < -0.39 is 21.7 Å². The van der Waals surface area contributed by atoms with E-state index in [4.69, 9.17) is 11.6 Å². The third-order valence-electron chi connectivity index (χ3n) is 3.64. The predicted molar refractivity (Wildman–Crippen MR) is 94.2 cm³/mol. The normalized spacial score (nSPS) is 12.8. The van der Waals surface area contributed by atoms with Crippen LogP contribution in [-0.4, -0.2) is 32.2 Å². The van der Waals surface area contributed by atoms with Crippen molar-refractivity contribution in [3.05, 3.63) is 64.9 Å². The molecule has 0 fully saturated rings. The van der Waals surface area contributed by atoms with Gasteiger partial charge in [0.25, 0.3) is 0 Å². The lowest BCUT2D eigenvalue weighted by atomic mass is 10.1. The summed E-state index contributed by atoms with van der Waals surface area (Å²) in [7, 11) is -2.57. The van der Waals surface area contributed by atoms with E-state index in [1.165, 1.54) is 7.05 Å². The quantitative estimate of drug-likeness (QED) is 0.832. The second-order valence-electron chi connectivity index (χ2n) is 5.56. The van der Waals surface area contributed by atoms with Gasteiger partial charge in [0.1, 0.15) is 5.82 Å². The lowest BCUT2D eigenvalue weighted by Gasteiger charge is -2.19. The first-order chi connectivity index (χ1) is 11.7. The maximum atomic E-state index is 12.9. The Morgan fingerprint density at radius 2 is 1.72 bits per heavy atom. The molecule has 5 nitrogen and oxygen atoms in total. The van der Waals surface area contributed by atoms with Crippen LogP contribution in [0.4, 0.5) is 4.39 Å². The van der Waals surface area contributed by atoms with Gasteiger partial charge < -0.3 is 5.32 Å². The third kappa shape index (κ3) is 5.01. The summed E-state index contributed by atoms with van der Waals surface area (Å²) in [5.41, 5.74) is 0.849. The second kappa shape index (κ2) is 7.95. The highest BCUT2D eigenvalue weighted by Gasteiger charge is 2.23. The van der Waals surface area contributed by atoms with E-state index >= 15 is 0 Å². The molecule has 134 valence electrons. The van der Waals surface area contributed by atoms with Crippen LogP contribution in [0.1, 0.15) is 18.5 Å². The van der Waals surface area contributed by atoms with Gasteiger partial charge in [-0.05, 0) is 48.9 Å². The Morgan fingerprint density at radius 1 is 1.16 bits per heavy atom. The summed E-state index contributed by atoms with van der Waals surface area (Å²) in [5, 5.41) is 3.32. The van der Waals surface area contributed by atoms with Crippen molar-refractivity contribution in [2.45, 2.75) is 17.9 Å². The van der Waals surface area contributed by atoms with Crippen molar-refractivity contribution in [2.24, 2.45) is 0 Å². The fraction of sp³-hybridized carbons (Fsp3) is 0.235. The standard InChI is InChI=1S/C17H18ClFN2O3S/c1-12(13-3-5-14(18)6-4-13)20-17(22)11-21(2)25(23,24)16-9-7-15(19)8-10-16/h3-10,12H,11H2,1-2H3,(H,20,22)/t12-/m0/s1. The summed E-state index contributed by atoms with van der Waals surface area (Å²) >= 11 is 5.82. The molecule has 0 aliphatic carbocycles. The molecular weight excluding hydrogens is 367 g/mol. The van der Waals surface area contributed by atoms with E-state index in [1.807, 2.05) is 0 Å². The van der Waals surface area contributed by atoms with E-state index in [0.29, 0.717) is 5.02 Å². The van der Waals surface area contributed by atoms with Crippen molar-refractivity contribution in [2.75, 3.05) is 13.6 Å². The minimum absolute atomic E-state index is 0.0741. The van der Waals surface area contributed by atoms with Crippen LogP contribution in [0.2, 0.25) is 5.02 Å². The van der Waals surface area contributed by atoms with Gasteiger partial charge in [-0.15, -0.1) is 0 Å². The van der Waals surface area contributed by atoms with Crippen LogP contribution in [0.3, 0.4) is 0 Å². The van der Waals surface area contributed by atoms with Crippen LogP contribution < -0.4 is 5.32 Å². The highest BCUT2D eigenvalue weighted by molar-refractivity contribution is 7.89. The zero-order chi connectivity index (χ0) is 18.6. The lowest BCUT2D eigenvalue weighted by molar-refractivity contribution is -0.121. The largest absolute Gasteiger partial charge is 0.348 e. The number of halogens is 2. The minimum atomic E-state index is -3.87. The van der Waals surface area contributed by atoms with Crippen molar-refractivity contribution in [3.63, 3.8) is 0 Å². The zero-order valence-corrected chi connectivity index (χ0v) is 15.3. The molecule has 2 aromatic carbocycles. The monoisotopic (exact) mass is 384 g/mol.